The van der Waals surface area contributed by atoms with Gasteiger partial charge >= 0.3 is 7.60 Å². The van der Waals surface area contributed by atoms with Gasteiger partial charge in [-0.25, -0.2) is 0 Å². The van der Waals surface area contributed by atoms with Crippen molar-refractivity contribution in [2.75, 3.05) is 31.5 Å². The minimum absolute atomic E-state index is 0.00768. The molecule has 1 N–H and O–H groups in total. The lowest BCUT2D eigenvalue weighted by Gasteiger charge is -2.29. The molecule has 8 heteroatoms. The van der Waals surface area contributed by atoms with Crippen molar-refractivity contribution in [2.24, 2.45) is 0 Å². The fourth-order valence-electron chi connectivity index (χ4n) is 2.55. The van der Waals surface area contributed by atoms with Gasteiger partial charge in [-0.1, -0.05) is 0 Å². The Bertz CT molecular complexity index is 760. The Balaban J connectivity index is 2.52. The molecule has 0 aliphatic heterocycles. The van der Waals surface area contributed by atoms with Gasteiger partial charge in [0.05, 0.1) is 32.2 Å². The standard InChI is InChI=1S/C18H25N2O5P/c1-5-24-26(22,25-6-2)13-20(15-8-7-9-19-12-15)16-10-14(3)18(21)17(11-16)23-4/h7-12,21H,5-6,13H2,1-4H3. The van der Waals surface area contributed by atoms with E-state index in [1.165, 1.54) is 7.11 Å². The van der Waals surface area contributed by atoms with Crippen LogP contribution in [0.1, 0.15) is 19.4 Å². The van der Waals surface area contributed by atoms with E-state index in [0.29, 0.717) is 17.0 Å². The zero-order chi connectivity index (χ0) is 19.2. The number of pyridine rings is 1. The van der Waals surface area contributed by atoms with Crippen molar-refractivity contribution in [3.8, 4) is 11.5 Å². The van der Waals surface area contributed by atoms with E-state index < -0.39 is 7.60 Å². The predicted molar refractivity (Wildman–Crippen MR) is 101 cm³/mol. The zero-order valence-electron chi connectivity index (χ0n) is 15.5. The van der Waals surface area contributed by atoms with Crippen LogP contribution in [0.4, 0.5) is 11.4 Å². The van der Waals surface area contributed by atoms with Crippen LogP contribution in [-0.4, -0.2) is 36.7 Å². The molecule has 0 amide bonds. The highest BCUT2D eigenvalue weighted by molar-refractivity contribution is 7.54. The van der Waals surface area contributed by atoms with Crippen LogP contribution in [-0.2, 0) is 13.6 Å². The highest BCUT2D eigenvalue weighted by Gasteiger charge is 2.29. The molecule has 7 nitrogen and oxygen atoms in total. The third-order valence-electron chi connectivity index (χ3n) is 3.71. The van der Waals surface area contributed by atoms with E-state index in [9.17, 15) is 9.67 Å². The number of nitrogens with zero attached hydrogens (tertiary/aromatic N) is 2. The molecule has 0 aliphatic rings. The summed E-state index contributed by atoms with van der Waals surface area (Å²) >= 11 is 0. The highest BCUT2D eigenvalue weighted by Crippen LogP contribution is 2.51. The minimum Gasteiger partial charge on any atom is -0.504 e. The average molecular weight is 380 g/mol. The molecule has 0 radical (unpaired) electrons. The number of phenolic OH excluding ortho intramolecular Hbond substituents is 1. The van der Waals surface area contributed by atoms with Gasteiger partial charge in [-0.15, -0.1) is 0 Å². The maximum Gasteiger partial charge on any atom is 0.350 e. The lowest BCUT2D eigenvalue weighted by molar-refractivity contribution is 0.220. The molecule has 142 valence electrons. The summed E-state index contributed by atoms with van der Waals surface area (Å²) in [5.74, 6) is 0.400. The van der Waals surface area contributed by atoms with E-state index in [0.717, 1.165) is 5.69 Å². The van der Waals surface area contributed by atoms with Crippen LogP contribution in [0.3, 0.4) is 0 Å². The van der Waals surface area contributed by atoms with Gasteiger partial charge in [0.2, 0.25) is 0 Å². The average Bonchev–Trinajstić information content (AvgIpc) is 2.63. The third kappa shape index (κ3) is 4.75. The van der Waals surface area contributed by atoms with E-state index in [4.69, 9.17) is 13.8 Å². The molecule has 0 saturated heterocycles. The van der Waals surface area contributed by atoms with E-state index in [1.54, 1.807) is 56.3 Å². The summed E-state index contributed by atoms with van der Waals surface area (Å²) in [6, 6.07) is 7.10. The maximum atomic E-state index is 13.1. The number of hydrogen-bond acceptors (Lipinski definition) is 7. The molecule has 2 rings (SSSR count). The summed E-state index contributed by atoms with van der Waals surface area (Å²) < 4.78 is 29.2. The molecule has 0 atom stereocenters. The number of benzene rings is 1. The van der Waals surface area contributed by atoms with Crippen LogP contribution in [0.25, 0.3) is 0 Å². The molecule has 0 unspecified atom stereocenters. The number of rotatable bonds is 9. The fourth-order valence-corrected chi connectivity index (χ4v) is 4.25. The van der Waals surface area contributed by atoms with Gasteiger partial charge in [-0.3, -0.25) is 9.55 Å². The van der Waals surface area contributed by atoms with Gasteiger partial charge in [0.25, 0.3) is 0 Å². The normalized spacial score (nSPS) is 11.4. The Morgan fingerprint density at radius 1 is 1.19 bits per heavy atom. The van der Waals surface area contributed by atoms with Gasteiger partial charge < -0.3 is 23.8 Å². The second-order valence-corrected chi connectivity index (χ2v) is 7.56. The first-order chi connectivity index (χ1) is 12.4. The first-order valence-electron chi connectivity index (χ1n) is 8.37. The Hall–Kier alpha value is -2.08. The Morgan fingerprint density at radius 2 is 1.88 bits per heavy atom. The summed E-state index contributed by atoms with van der Waals surface area (Å²) in [6.07, 6.45) is 3.33. The molecule has 0 aliphatic carbocycles. The van der Waals surface area contributed by atoms with Crippen molar-refractivity contribution in [3.05, 3.63) is 42.2 Å². The number of methoxy groups -OCH3 is 1. The molecule has 0 fully saturated rings. The molecular weight excluding hydrogens is 355 g/mol. The predicted octanol–water partition coefficient (Wildman–Crippen LogP) is 4.47. The second kappa shape index (κ2) is 9.03. The minimum atomic E-state index is -3.36. The zero-order valence-corrected chi connectivity index (χ0v) is 16.4. The van der Waals surface area contributed by atoms with Gasteiger partial charge in [0.15, 0.2) is 11.5 Å². The Morgan fingerprint density at radius 3 is 2.42 bits per heavy atom. The molecule has 26 heavy (non-hydrogen) atoms. The third-order valence-corrected chi connectivity index (χ3v) is 5.64. The number of anilines is 2. The molecule has 1 heterocycles. The lowest BCUT2D eigenvalue weighted by Crippen LogP contribution is -2.21. The summed E-state index contributed by atoms with van der Waals surface area (Å²) in [4.78, 5) is 5.93. The molecule has 0 bridgehead atoms. The second-order valence-electron chi connectivity index (χ2n) is 5.54. The van der Waals surface area contributed by atoms with E-state index in [-0.39, 0.29) is 25.2 Å². The molecule has 2 aromatic rings. The van der Waals surface area contributed by atoms with Crippen molar-refractivity contribution in [2.45, 2.75) is 20.8 Å². The van der Waals surface area contributed by atoms with Crippen molar-refractivity contribution >= 4 is 19.0 Å². The van der Waals surface area contributed by atoms with Crippen molar-refractivity contribution in [3.63, 3.8) is 0 Å². The number of aromatic hydroxyl groups is 1. The number of aromatic nitrogens is 1. The number of aryl methyl sites for hydroxylation is 1. The van der Waals surface area contributed by atoms with Crippen LogP contribution in [0, 0.1) is 6.92 Å². The molecular formula is C18H25N2O5P. The first-order valence-corrected chi connectivity index (χ1v) is 10.1. The summed E-state index contributed by atoms with van der Waals surface area (Å²) in [5.41, 5.74) is 2.04. The maximum absolute atomic E-state index is 13.1. The Kier molecular flexibility index (Phi) is 7.03. The smallest absolute Gasteiger partial charge is 0.350 e. The number of ether oxygens (including phenoxy) is 1. The molecule has 0 saturated carbocycles. The molecule has 1 aromatic heterocycles. The van der Waals surface area contributed by atoms with Gasteiger partial charge in [0.1, 0.15) is 6.29 Å². The van der Waals surface area contributed by atoms with Crippen LogP contribution < -0.4 is 9.64 Å². The van der Waals surface area contributed by atoms with E-state index >= 15 is 0 Å². The molecule has 1 aromatic carbocycles. The van der Waals surface area contributed by atoms with Gasteiger partial charge in [-0.05, 0) is 44.5 Å². The SMILES string of the molecule is CCOP(=O)(CN(c1cccnc1)c1cc(C)c(O)c(OC)c1)OCC. The molecule has 0 spiro atoms. The van der Waals surface area contributed by atoms with Crippen LogP contribution in [0.15, 0.2) is 36.7 Å². The van der Waals surface area contributed by atoms with Crippen LogP contribution in [0.5, 0.6) is 11.5 Å². The topological polar surface area (TPSA) is 81.1 Å². The monoisotopic (exact) mass is 380 g/mol. The van der Waals surface area contributed by atoms with E-state index in [2.05, 4.69) is 4.98 Å². The van der Waals surface area contributed by atoms with Gasteiger partial charge in [0, 0.05) is 18.0 Å². The fraction of sp³-hybridized carbons (Fsp3) is 0.389. The van der Waals surface area contributed by atoms with Crippen LogP contribution >= 0.6 is 7.60 Å². The van der Waals surface area contributed by atoms with Crippen molar-refractivity contribution < 1.29 is 23.5 Å². The lowest BCUT2D eigenvalue weighted by atomic mass is 10.1. The van der Waals surface area contributed by atoms with Crippen molar-refractivity contribution in [1.82, 2.24) is 4.98 Å². The number of hydrogen-bond donors (Lipinski definition) is 1. The largest absolute Gasteiger partial charge is 0.504 e. The summed E-state index contributed by atoms with van der Waals surface area (Å²) in [6.45, 7) is 5.86. The van der Waals surface area contributed by atoms with E-state index in [1.807, 2.05) is 6.07 Å². The highest BCUT2D eigenvalue weighted by atomic mass is 31.2. The van der Waals surface area contributed by atoms with Crippen LogP contribution in [0.2, 0.25) is 0 Å². The van der Waals surface area contributed by atoms with Crippen molar-refractivity contribution in [1.29, 1.82) is 0 Å². The number of phenols is 1. The quantitative estimate of drug-likeness (QED) is 0.643. The first kappa shape index (κ1) is 20.2. The summed E-state index contributed by atoms with van der Waals surface area (Å²) in [5, 5.41) is 10.1. The van der Waals surface area contributed by atoms with Gasteiger partial charge in [-0.2, -0.15) is 0 Å². The Labute approximate surface area is 154 Å². The summed E-state index contributed by atoms with van der Waals surface area (Å²) in [7, 11) is -1.88.